The largest absolute Gasteiger partial charge is 0.453 e. The normalized spacial score (nSPS) is 11.3. The molecule has 11 aromatic rings. The third kappa shape index (κ3) is 6.41. The molecule has 10 aromatic carbocycles. The lowest BCUT2D eigenvalue weighted by Gasteiger charge is -2.26. The van der Waals surface area contributed by atoms with E-state index >= 15 is 0 Å². The van der Waals surface area contributed by atoms with Gasteiger partial charge in [-0.05, 0) is 109 Å². The second-order valence-corrected chi connectivity index (χ2v) is 15.3. The Morgan fingerprint density at radius 3 is 1.47 bits per heavy atom. The van der Waals surface area contributed by atoms with Crippen molar-refractivity contribution in [3.63, 3.8) is 0 Å². The van der Waals surface area contributed by atoms with Crippen LogP contribution >= 0.6 is 0 Å². The van der Waals surface area contributed by atoms with Crippen LogP contribution in [0.1, 0.15) is 0 Å². The van der Waals surface area contributed by atoms with Gasteiger partial charge in [0.05, 0.1) is 5.69 Å². The SMILES string of the molecule is c1ccc(-c2cccc(-c3ccc(N(c4ccc5cccc(-c6ccccc6)c5c4)c4cccc5c4oc4c(-c6ccccc6)cc(-c6ccccc6)cc45)cc3)c2)cc1. The highest BCUT2D eigenvalue weighted by Crippen LogP contribution is 2.46. The Hall–Kier alpha value is -7.94. The molecule has 0 aliphatic heterocycles. The first kappa shape index (κ1) is 35.2. The van der Waals surface area contributed by atoms with Gasteiger partial charge >= 0.3 is 0 Å². The first-order valence-electron chi connectivity index (χ1n) is 20.5. The van der Waals surface area contributed by atoms with E-state index in [-0.39, 0.29) is 0 Å². The Bertz CT molecular complexity index is 3280. The summed E-state index contributed by atoms with van der Waals surface area (Å²) in [5.74, 6) is 0. The van der Waals surface area contributed by atoms with Gasteiger partial charge in [-0.1, -0.05) is 188 Å². The van der Waals surface area contributed by atoms with Crippen molar-refractivity contribution in [2.24, 2.45) is 0 Å². The predicted octanol–water partition coefficient (Wildman–Crippen LogP) is 16.5. The molecular formula is C58H39NO. The molecule has 282 valence electrons. The number of hydrogen-bond donors (Lipinski definition) is 0. The molecule has 0 bridgehead atoms. The average Bonchev–Trinajstić information content (AvgIpc) is 3.72. The molecule has 2 nitrogen and oxygen atoms in total. The zero-order valence-corrected chi connectivity index (χ0v) is 32.9. The Balaban J connectivity index is 1.12. The highest BCUT2D eigenvalue weighted by molar-refractivity contribution is 6.15. The van der Waals surface area contributed by atoms with Crippen molar-refractivity contribution in [2.45, 2.75) is 0 Å². The lowest BCUT2D eigenvalue weighted by Crippen LogP contribution is -2.10. The van der Waals surface area contributed by atoms with E-state index in [0.29, 0.717) is 0 Å². The number of fused-ring (bicyclic) bond motifs is 4. The molecule has 1 heterocycles. The van der Waals surface area contributed by atoms with Gasteiger partial charge in [0.2, 0.25) is 0 Å². The van der Waals surface area contributed by atoms with E-state index in [1.807, 2.05) is 0 Å². The predicted molar refractivity (Wildman–Crippen MR) is 253 cm³/mol. The van der Waals surface area contributed by atoms with Crippen molar-refractivity contribution in [1.29, 1.82) is 0 Å². The summed E-state index contributed by atoms with van der Waals surface area (Å²) in [5, 5.41) is 4.54. The number of rotatable bonds is 8. The highest BCUT2D eigenvalue weighted by Gasteiger charge is 2.22. The van der Waals surface area contributed by atoms with Crippen LogP contribution in [0.2, 0.25) is 0 Å². The Morgan fingerprint density at radius 1 is 0.267 bits per heavy atom. The molecule has 0 spiro atoms. The summed E-state index contributed by atoms with van der Waals surface area (Å²) in [6.07, 6.45) is 0. The van der Waals surface area contributed by atoms with Crippen LogP contribution in [-0.4, -0.2) is 0 Å². The van der Waals surface area contributed by atoms with E-state index in [1.165, 1.54) is 44.2 Å². The van der Waals surface area contributed by atoms with E-state index in [9.17, 15) is 0 Å². The van der Waals surface area contributed by atoms with E-state index in [0.717, 1.165) is 61.3 Å². The van der Waals surface area contributed by atoms with Crippen molar-refractivity contribution in [1.82, 2.24) is 0 Å². The van der Waals surface area contributed by atoms with Gasteiger partial charge in [0, 0.05) is 27.7 Å². The van der Waals surface area contributed by atoms with Crippen LogP contribution in [0.15, 0.2) is 241 Å². The first-order chi connectivity index (χ1) is 29.7. The molecule has 0 atom stereocenters. The molecule has 0 unspecified atom stereocenters. The molecule has 0 aliphatic carbocycles. The zero-order valence-electron chi connectivity index (χ0n) is 32.9. The quantitative estimate of drug-likeness (QED) is 0.153. The molecule has 2 heteroatoms. The van der Waals surface area contributed by atoms with E-state index < -0.39 is 0 Å². The lowest BCUT2D eigenvalue weighted by atomic mass is 9.95. The van der Waals surface area contributed by atoms with Crippen molar-refractivity contribution in [3.05, 3.63) is 237 Å². The molecule has 0 aliphatic rings. The average molecular weight is 766 g/mol. The smallest absolute Gasteiger partial charge is 0.159 e. The van der Waals surface area contributed by atoms with Gasteiger partial charge in [-0.3, -0.25) is 0 Å². The van der Waals surface area contributed by atoms with Gasteiger partial charge in [-0.15, -0.1) is 0 Å². The number of anilines is 3. The number of furan rings is 1. The van der Waals surface area contributed by atoms with E-state index in [4.69, 9.17) is 4.42 Å². The van der Waals surface area contributed by atoms with E-state index in [2.05, 4.69) is 241 Å². The summed E-state index contributed by atoms with van der Waals surface area (Å²) < 4.78 is 7.17. The Labute approximate surface area is 349 Å². The number of benzene rings is 10. The second-order valence-electron chi connectivity index (χ2n) is 15.3. The topological polar surface area (TPSA) is 16.4 Å². The maximum atomic E-state index is 7.17. The van der Waals surface area contributed by atoms with Crippen LogP contribution in [0.25, 0.3) is 88.3 Å². The minimum Gasteiger partial charge on any atom is -0.453 e. The fraction of sp³-hybridized carbons (Fsp3) is 0. The third-order valence-electron chi connectivity index (χ3n) is 11.6. The maximum Gasteiger partial charge on any atom is 0.159 e. The van der Waals surface area contributed by atoms with Crippen LogP contribution in [0.3, 0.4) is 0 Å². The van der Waals surface area contributed by atoms with Crippen LogP contribution in [0.5, 0.6) is 0 Å². The summed E-state index contributed by atoms with van der Waals surface area (Å²) in [4.78, 5) is 2.36. The lowest BCUT2D eigenvalue weighted by molar-refractivity contribution is 0.670. The van der Waals surface area contributed by atoms with Gasteiger partial charge in [-0.2, -0.15) is 0 Å². The fourth-order valence-electron chi connectivity index (χ4n) is 8.70. The second kappa shape index (κ2) is 15.1. The summed E-state index contributed by atoms with van der Waals surface area (Å²) in [6, 6.07) is 84.7. The molecule has 60 heavy (non-hydrogen) atoms. The van der Waals surface area contributed by atoms with Gasteiger partial charge in [0.25, 0.3) is 0 Å². The summed E-state index contributed by atoms with van der Waals surface area (Å²) in [6.45, 7) is 0. The van der Waals surface area contributed by atoms with Gasteiger partial charge in [0.1, 0.15) is 5.58 Å². The molecule has 0 saturated heterocycles. The van der Waals surface area contributed by atoms with Crippen LogP contribution in [-0.2, 0) is 0 Å². The molecule has 0 N–H and O–H groups in total. The van der Waals surface area contributed by atoms with Crippen LogP contribution in [0, 0.1) is 0 Å². The molecule has 1 aromatic heterocycles. The van der Waals surface area contributed by atoms with Crippen molar-refractivity contribution < 1.29 is 4.42 Å². The van der Waals surface area contributed by atoms with Gasteiger partial charge in [0.15, 0.2) is 5.58 Å². The summed E-state index contributed by atoms with van der Waals surface area (Å²) in [5.41, 5.74) is 16.4. The standard InChI is InChI=1S/C58H39NO/c1-5-16-40(17-6-1)46-25-13-26-47(36-46)42-30-33-49(34-31-42)59(50-35-32-45-24-14-27-51(53(45)39-50)43-20-9-3-10-21-43)56-29-15-28-52-55-38-48(41-18-7-2-8-19-41)37-54(57(55)60-58(52)56)44-22-11-4-12-23-44/h1-39H. The highest BCUT2D eigenvalue weighted by atomic mass is 16.3. The van der Waals surface area contributed by atoms with Crippen molar-refractivity contribution in [3.8, 4) is 55.6 Å². The molecular weight excluding hydrogens is 727 g/mol. The van der Waals surface area contributed by atoms with Crippen molar-refractivity contribution in [2.75, 3.05) is 4.90 Å². The van der Waals surface area contributed by atoms with Crippen LogP contribution in [0.4, 0.5) is 17.1 Å². The van der Waals surface area contributed by atoms with Gasteiger partial charge in [-0.25, -0.2) is 0 Å². The number of hydrogen-bond acceptors (Lipinski definition) is 2. The molecule has 0 radical (unpaired) electrons. The molecule has 0 fully saturated rings. The monoisotopic (exact) mass is 765 g/mol. The van der Waals surface area contributed by atoms with Gasteiger partial charge < -0.3 is 9.32 Å². The number of nitrogens with zero attached hydrogens (tertiary/aromatic N) is 1. The Kier molecular flexibility index (Phi) is 8.87. The minimum absolute atomic E-state index is 0.839. The van der Waals surface area contributed by atoms with E-state index in [1.54, 1.807) is 0 Å². The fourth-order valence-corrected chi connectivity index (χ4v) is 8.70. The molecule has 11 rings (SSSR count). The minimum atomic E-state index is 0.839. The first-order valence-corrected chi connectivity index (χ1v) is 20.5. The molecule has 0 amide bonds. The zero-order chi connectivity index (χ0) is 39.8. The maximum absolute atomic E-state index is 7.17. The summed E-state index contributed by atoms with van der Waals surface area (Å²) >= 11 is 0. The van der Waals surface area contributed by atoms with Crippen LogP contribution < -0.4 is 4.90 Å². The summed E-state index contributed by atoms with van der Waals surface area (Å²) in [7, 11) is 0. The van der Waals surface area contributed by atoms with Crippen molar-refractivity contribution >= 4 is 49.8 Å². The molecule has 0 saturated carbocycles. The third-order valence-corrected chi connectivity index (χ3v) is 11.6. The Morgan fingerprint density at radius 2 is 0.800 bits per heavy atom. The number of para-hydroxylation sites is 1.